The molecule has 0 fully saturated rings. The smallest absolute Gasteiger partial charge is 0.231 e. The van der Waals surface area contributed by atoms with E-state index in [1.807, 2.05) is 0 Å². The van der Waals surface area contributed by atoms with Crippen LogP contribution in [0, 0.1) is 6.92 Å². The van der Waals surface area contributed by atoms with Crippen molar-refractivity contribution in [3.05, 3.63) is 34.9 Å². The molecule has 0 atom stereocenters. The molecule has 1 aliphatic heterocycles. The fourth-order valence-electron chi connectivity index (χ4n) is 2.21. The number of fused-ring (bicyclic) bond motifs is 1. The van der Waals surface area contributed by atoms with Crippen molar-refractivity contribution in [3.63, 3.8) is 0 Å². The number of nitrogens with two attached hydrogens (primary N) is 1. The molecule has 3 nitrogen and oxygen atoms in total. The van der Waals surface area contributed by atoms with E-state index < -0.39 is 0 Å². The highest BCUT2D eigenvalue weighted by Crippen LogP contribution is 2.21. The maximum atomic E-state index is 10.8. The van der Waals surface area contributed by atoms with Crippen molar-refractivity contribution in [3.8, 4) is 0 Å². The van der Waals surface area contributed by atoms with Gasteiger partial charge < -0.3 is 5.73 Å². The van der Waals surface area contributed by atoms with Crippen molar-refractivity contribution in [1.29, 1.82) is 0 Å². The lowest BCUT2D eigenvalue weighted by Gasteiger charge is -2.28. The Bertz CT molecular complexity index is 387. The van der Waals surface area contributed by atoms with Gasteiger partial charge in [0.1, 0.15) is 0 Å². The molecule has 0 unspecified atom stereocenters. The van der Waals surface area contributed by atoms with Crippen molar-refractivity contribution in [2.75, 3.05) is 13.1 Å². The van der Waals surface area contributed by atoms with E-state index in [1.54, 1.807) is 0 Å². The molecule has 0 aliphatic carbocycles. The summed E-state index contributed by atoms with van der Waals surface area (Å²) in [6.07, 6.45) is 1.02. The van der Waals surface area contributed by atoms with E-state index in [9.17, 15) is 4.79 Å². The highest BCUT2D eigenvalue weighted by Gasteiger charge is 2.18. The molecule has 0 saturated carbocycles. The lowest BCUT2D eigenvalue weighted by atomic mass is 9.95. The minimum Gasteiger partial charge on any atom is -0.369 e. The monoisotopic (exact) mass is 204 g/mol. The van der Waals surface area contributed by atoms with Crippen molar-refractivity contribution in [2.24, 2.45) is 5.73 Å². The van der Waals surface area contributed by atoms with E-state index in [-0.39, 0.29) is 5.91 Å². The first kappa shape index (κ1) is 10.2. The summed E-state index contributed by atoms with van der Waals surface area (Å²) in [5, 5.41) is 0. The van der Waals surface area contributed by atoms with E-state index >= 15 is 0 Å². The lowest BCUT2D eigenvalue weighted by Crippen LogP contribution is -2.37. The van der Waals surface area contributed by atoms with E-state index in [2.05, 4.69) is 30.0 Å². The molecule has 0 spiro atoms. The summed E-state index contributed by atoms with van der Waals surface area (Å²) >= 11 is 0. The van der Waals surface area contributed by atoms with E-state index in [0.29, 0.717) is 6.54 Å². The number of carbonyl (C=O) groups is 1. The lowest BCUT2D eigenvalue weighted by molar-refractivity contribution is -0.119. The Morgan fingerprint density at radius 1 is 1.53 bits per heavy atom. The average molecular weight is 204 g/mol. The predicted octanol–water partition coefficient (Wildman–Crippen LogP) is 0.838. The van der Waals surface area contributed by atoms with Crippen molar-refractivity contribution >= 4 is 5.91 Å². The number of rotatable bonds is 2. The van der Waals surface area contributed by atoms with Crippen molar-refractivity contribution in [1.82, 2.24) is 4.90 Å². The molecule has 1 aliphatic rings. The van der Waals surface area contributed by atoms with Gasteiger partial charge in [0.2, 0.25) is 5.91 Å². The third-order valence-corrected chi connectivity index (χ3v) is 2.96. The van der Waals surface area contributed by atoms with Crippen LogP contribution in [0.5, 0.6) is 0 Å². The van der Waals surface area contributed by atoms with Crippen LogP contribution in [0.15, 0.2) is 18.2 Å². The minimum absolute atomic E-state index is 0.244. The molecule has 1 aromatic carbocycles. The Morgan fingerprint density at radius 3 is 3.07 bits per heavy atom. The molecule has 2 rings (SSSR count). The molecule has 80 valence electrons. The van der Waals surface area contributed by atoms with Gasteiger partial charge in [0.05, 0.1) is 6.54 Å². The maximum absolute atomic E-state index is 10.8. The molecule has 0 saturated heterocycles. The van der Waals surface area contributed by atoms with Gasteiger partial charge >= 0.3 is 0 Å². The third kappa shape index (κ3) is 2.18. The van der Waals surface area contributed by atoms with E-state index in [4.69, 9.17) is 5.73 Å². The molecule has 1 heterocycles. The van der Waals surface area contributed by atoms with Gasteiger partial charge in [0.25, 0.3) is 0 Å². The van der Waals surface area contributed by atoms with Crippen LogP contribution < -0.4 is 5.73 Å². The fourth-order valence-corrected chi connectivity index (χ4v) is 2.21. The largest absolute Gasteiger partial charge is 0.369 e. The van der Waals surface area contributed by atoms with Crippen molar-refractivity contribution in [2.45, 2.75) is 19.9 Å². The highest BCUT2D eigenvalue weighted by atomic mass is 16.1. The van der Waals surface area contributed by atoms with Gasteiger partial charge in [-0.05, 0) is 30.0 Å². The standard InChI is InChI=1S/C12H16N2O/c1-9-3-2-4-10-7-14(8-12(13)15)6-5-11(9)10/h2-4H,5-8H2,1H3,(H2,13,15). The van der Waals surface area contributed by atoms with Crippen LogP contribution in [0.4, 0.5) is 0 Å². The van der Waals surface area contributed by atoms with Gasteiger partial charge in [0.15, 0.2) is 0 Å². The zero-order valence-electron chi connectivity index (χ0n) is 8.99. The number of primary amides is 1. The quantitative estimate of drug-likeness (QED) is 0.776. The number of benzene rings is 1. The molecule has 3 heteroatoms. The Hall–Kier alpha value is -1.35. The topological polar surface area (TPSA) is 46.3 Å². The Morgan fingerprint density at radius 2 is 2.33 bits per heavy atom. The van der Waals surface area contributed by atoms with Crippen LogP contribution in [-0.4, -0.2) is 23.9 Å². The first-order valence-corrected chi connectivity index (χ1v) is 5.25. The van der Waals surface area contributed by atoms with Crippen LogP contribution in [0.2, 0.25) is 0 Å². The van der Waals surface area contributed by atoms with E-state index in [1.165, 1.54) is 16.7 Å². The van der Waals surface area contributed by atoms with Gasteiger partial charge in [0, 0.05) is 13.1 Å². The minimum atomic E-state index is -0.244. The Balaban J connectivity index is 2.17. The molecule has 15 heavy (non-hydrogen) atoms. The summed E-state index contributed by atoms with van der Waals surface area (Å²) in [5.41, 5.74) is 9.32. The normalized spacial score (nSPS) is 16.1. The average Bonchev–Trinajstić information content (AvgIpc) is 2.17. The zero-order valence-corrected chi connectivity index (χ0v) is 8.99. The predicted molar refractivity (Wildman–Crippen MR) is 59.4 cm³/mol. The molecule has 2 N–H and O–H groups in total. The first-order valence-electron chi connectivity index (χ1n) is 5.25. The number of hydrogen-bond acceptors (Lipinski definition) is 2. The summed E-state index contributed by atoms with van der Waals surface area (Å²) < 4.78 is 0. The van der Waals surface area contributed by atoms with Crippen LogP contribution in [-0.2, 0) is 17.8 Å². The second kappa shape index (κ2) is 4.03. The Kier molecular flexibility index (Phi) is 2.73. The van der Waals surface area contributed by atoms with Gasteiger partial charge in [-0.1, -0.05) is 18.2 Å². The van der Waals surface area contributed by atoms with Gasteiger partial charge in [-0.2, -0.15) is 0 Å². The van der Waals surface area contributed by atoms with Crippen LogP contribution >= 0.6 is 0 Å². The molecular formula is C12H16N2O. The molecule has 0 aromatic heterocycles. The number of hydrogen-bond donors (Lipinski definition) is 1. The van der Waals surface area contributed by atoms with Crippen LogP contribution in [0.1, 0.15) is 16.7 Å². The van der Waals surface area contributed by atoms with Gasteiger partial charge in [-0.15, -0.1) is 0 Å². The summed E-state index contributed by atoms with van der Waals surface area (Å²) in [4.78, 5) is 12.9. The molecule has 1 aromatic rings. The fraction of sp³-hybridized carbons (Fsp3) is 0.417. The number of carbonyl (C=O) groups excluding carboxylic acids is 1. The van der Waals surface area contributed by atoms with Crippen LogP contribution in [0.25, 0.3) is 0 Å². The van der Waals surface area contributed by atoms with Gasteiger partial charge in [-0.3, -0.25) is 9.69 Å². The summed E-state index contributed by atoms with van der Waals surface area (Å²) in [6, 6.07) is 6.35. The zero-order chi connectivity index (χ0) is 10.8. The molecule has 1 amide bonds. The van der Waals surface area contributed by atoms with E-state index in [0.717, 1.165) is 19.5 Å². The third-order valence-electron chi connectivity index (χ3n) is 2.96. The summed E-state index contributed by atoms with van der Waals surface area (Å²) in [6.45, 7) is 4.29. The first-order chi connectivity index (χ1) is 7.16. The highest BCUT2D eigenvalue weighted by molar-refractivity contribution is 5.75. The van der Waals surface area contributed by atoms with Crippen molar-refractivity contribution < 1.29 is 4.79 Å². The second-order valence-corrected chi connectivity index (χ2v) is 4.14. The van der Waals surface area contributed by atoms with Crippen LogP contribution in [0.3, 0.4) is 0 Å². The second-order valence-electron chi connectivity index (χ2n) is 4.14. The Labute approximate surface area is 89.9 Å². The molecule has 0 bridgehead atoms. The summed E-state index contributed by atoms with van der Waals surface area (Å²) in [5.74, 6) is -0.244. The molecule has 0 radical (unpaired) electrons. The SMILES string of the molecule is Cc1cccc2c1CCN(CC(N)=O)C2. The maximum Gasteiger partial charge on any atom is 0.231 e. The van der Waals surface area contributed by atoms with Gasteiger partial charge in [-0.25, -0.2) is 0 Å². The summed E-state index contributed by atoms with van der Waals surface area (Å²) in [7, 11) is 0. The molecular weight excluding hydrogens is 188 g/mol. The number of amides is 1. The number of nitrogens with zero attached hydrogens (tertiary/aromatic N) is 1. The number of aryl methyl sites for hydroxylation is 1.